The average molecular weight is 248 g/mol. The molecule has 100 valence electrons. The van der Waals surface area contributed by atoms with Crippen LogP contribution in [0.5, 0.6) is 0 Å². The van der Waals surface area contributed by atoms with Crippen LogP contribution < -0.4 is 10.2 Å². The molecular weight excluding hydrogens is 224 g/mol. The maximum Gasteiger partial charge on any atom is 0.132 e. The lowest BCUT2D eigenvalue weighted by Gasteiger charge is -2.34. The Bertz CT molecular complexity index is 371. The molecule has 0 aromatic carbocycles. The van der Waals surface area contributed by atoms with Crippen LogP contribution in [0.4, 0.5) is 5.82 Å². The van der Waals surface area contributed by atoms with Crippen molar-refractivity contribution in [3.05, 3.63) is 17.6 Å². The van der Waals surface area contributed by atoms with Gasteiger partial charge in [-0.15, -0.1) is 0 Å². The minimum Gasteiger partial charge on any atom is -0.355 e. The van der Waals surface area contributed by atoms with E-state index in [1.165, 1.54) is 19.3 Å². The third-order valence-corrected chi connectivity index (χ3v) is 3.38. The molecule has 0 bridgehead atoms. The predicted molar refractivity (Wildman–Crippen MR) is 75.0 cm³/mol. The second-order valence-electron chi connectivity index (χ2n) is 5.15. The number of anilines is 1. The van der Waals surface area contributed by atoms with Gasteiger partial charge in [0.25, 0.3) is 0 Å². The van der Waals surface area contributed by atoms with Gasteiger partial charge in [-0.25, -0.2) is 9.97 Å². The van der Waals surface area contributed by atoms with E-state index in [1.807, 2.05) is 13.8 Å². The van der Waals surface area contributed by atoms with Crippen LogP contribution in [0.25, 0.3) is 0 Å². The van der Waals surface area contributed by atoms with E-state index in [9.17, 15) is 0 Å². The van der Waals surface area contributed by atoms with Gasteiger partial charge in [0, 0.05) is 30.9 Å². The van der Waals surface area contributed by atoms with Gasteiger partial charge < -0.3 is 10.2 Å². The molecule has 1 N–H and O–H groups in total. The molecule has 0 radical (unpaired) electrons. The van der Waals surface area contributed by atoms with E-state index in [2.05, 4.69) is 33.2 Å². The van der Waals surface area contributed by atoms with Crippen molar-refractivity contribution in [2.24, 2.45) is 0 Å². The highest BCUT2D eigenvalue weighted by molar-refractivity contribution is 5.40. The van der Waals surface area contributed by atoms with Crippen LogP contribution in [0.3, 0.4) is 0 Å². The van der Waals surface area contributed by atoms with Gasteiger partial charge in [-0.3, -0.25) is 0 Å². The highest BCUT2D eigenvalue weighted by atomic mass is 15.2. The fraction of sp³-hybridized carbons (Fsp3) is 0.714. The quantitative estimate of drug-likeness (QED) is 0.885. The molecule has 4 nitrogen and oxygen atoms in total. The Labute approximate surface area is 110 Å². The van der Waals surface area contributed by atoms with Crippen molar-refractivity contribution in [2.75, 3.05) is 24.5 Å². The van der Waals surface area contributed by atoms with Crippen LogP contribution in [0.2, 0.25) is 0 Å². The van der Waals surface area contributed by atoms with E-state index < -0.39 is 0 Å². The summed E-state index contributed by atoms with van der Waals surface area (Å²) in [5.74, 6) is 1.96. The second kappa shape index (κ2) is 6.14. The number of aromatic nitrogens is 2. The monoisotopic (exact) mass is 248 g/mol. The normalized spacial score (nSPS) is 20.2. The van der Waals surface area contributed by atoms with Crippen molar-refractivity contribution < 1.29 is 0 Å². The first kappa shape index (κ1) is 13.3. The SMILES string of the molecule is CCCNC1CCCN(c2cc(C)nc(C)n2)C1. The van der Waals surface area contributed by atoms with Gasteiger partial charge in [0.1, 0.15) is 11.6 Å². The lowest BCUT2D eigenvalue weighted by atomic mass is 10.1. The molecule has 0 amide bonds. The highest BCUT2D eigenvalue weighted by Gasteiger charge is 2.20. The van der Waals surface area contributed by atoms with Crippen molar-refractivity contribution in [1.29, 1.82) is 0 Å². The summed E-state index contributed by atoms with van der Waals surface area (Å²) in [5, 5.41) is 3.62. The molecule has 1 saturated heterocycles. The number of hydrogen-bond acceptors (Lipinski definition) is 4. The Hall–Kier alpha value is -1.16. The van der Waals surface area contributed by atoms with Gasteiger partial charge in [-0.1, -0.05) is 6.92 Å². The standard InChI is InChI=1S/C14H24N4/c1-4-7-15-13-6-5-8-18(10-13)14-9-11(2)16-12(3)17-14/h9,13,15H,4-8,10H2,1-3H3. The summed E-state index contributed by atoms with van der Waals surface area (Å²) >= 11 is 0. The van der Waals surface area contributed by atoms with Crippen LogP contribution in [0.15, 0.2) is 6.07 Å². The zero-order chi connectivity index (χ0) is 13.0. The number of rotatable bonds is 4. The Balaban J connectivity index is 2.03. The first-order valence-electron chi connectivity index (χ1n) is 6.99. The zero-order valence-corrected chi connectivity index (χ0v) is 11.7. The summed E-state index contributed by atoms with van der Waals surface area (Å²) in [7, 11) is 0. The second-order valence-corrected chi connectivity index (χ2v) is 5.15. The maximum atomic E-state index is 4.56. The largest absolute Gasteiger partial charge is 0.355 e. The third-order valence-electron chi connectivity index (χ3n) is 3.38. The molecule has 18 heavy (non-hydrogen) atoms. The summed E-state index contributed by atoms with van der Waals surface area (Å²) in [6, 6.07) is 2.70. The molecule has 1 fully saturated rings. The minimum atomic E-state index is 0.606. The van der Waals surface area contributed by atoms with Crippen LogP contribution in [-0.2, 0) is 0 Å². The summed E-state index contributed by atoms with van der Waals surface area (Å²) < 4.78 is 0. The predicted octanol–water partition coefficient (Wildman–Crippen LogP) is 2.06. The van der Waals surface area contributed by atoms with Crippen LogP contribution >= 0.6 is 0 Å². The molecule has 0 aliphatic carbocycles. The van der Waals surface area contributed by atoms with Gasteiger partial charge in [0.05, 0.1) is 0 Å². The third kappa shape index (κ3) is 3.42. The van der Waals surface area contributed by atoms with E-state index in [1.54, 1.807) is 0 Å². The van der Waals surface area contributed by atoms with Gasteiger partial charge in [-0.2, -0.15) is 0 Å². The first-order valence-corrected chi connectivity index (χ1v) is 6.99. The van der Waals surface area contributed by atoms with Crippen LogP contribution in [0.1, 0.15) is 37.7 Å². The number of nitrogens with zero attached hydrogens (tertiary/aromatic N) is 3. The smallest absolute Gasteiger partial charge is 0.132 e. The van der Waals surface area contributed by atoms with Gasteiger partial charge in [0.2, 0.25) is 0 Å². The summed E-state index contributed by atoms with van der Waals surface area (Å²) in [5.41, 5.74) is 1.06. The molecule has 4 heteroatoms. The first-order chi connectivity index (χ1) is 8.69. The van der Waals surface area contributed by atoms with Crippen molar-refractivity contribution in [3.63, 3.8) is 0 Å². The molecule has 0 spiro atoms. The van der Waals surface area contributed by atoms with Gasteiger partial charge in [-0.05, 0) is 39.7 Å². The fourth-order valence-electron chi connectivity index (χ4n) is 2.56. The zero-order valence-electron chi connectivity index (χ0n) is 11.7. The van der Waals surface area contributed by atoms with Gasteiger partial charge in [0.15, 0.2) is 0 Å². The summed E-state index contributed by atoms with van der Waals surface area (Å²) in [6.45, 7) is 9.50. The van der Waals surface area contributed by atoms with Crippen molar-refractivity contribution in [3.8, 4) is 0 Å². The fourth-order valence-corrected chi connectivity index (χ4v) is 2.56. The number of aryl methyl sites for hydroxylation is 2. The average Bonchev–Trinajstić information content (AvgIpc) is 2.35. The van der Waals surface area contributed by atoms with Crippen molar-refractivity contribution in [1.82, 2.24) is 15.3 Å². The number of nitrogens with one attached hydrogen (secondary N) is 1. The van der Waals surface area contributed by atoms with E-state index in [4.69, 9.17) is 0 Å². The highest BCUT2D eigenvalue weighted by Crippen LogP contribution is 2.18. The molecule has 1 aliphatic rings. The molecule has 0 saturated carbocycles. The molecule has 1 unspecified atom stereocenters. The van der Waals surface area contributed by atoms with Gasteiger partial charge >= 0.3 is 0 Å². The van der Waals surface area contributed by atoms with E-state index in [-0.39, 0.29) is 0 Å². The Kier molecular flexibility index (Phi) is 4.53. The molecule has 2 heterocycles. The molecule has 1 aromatic rings. The lowest BCUT2D eigenvalue weighted by molar-refractivity contribution is 0.421. The summed E-state index contributed by atoms with van der Waals surface area (Å²) in [6.07, 6.45) is 3.71. The van der Waals surface area contributed by atoms with Crippen molar-refractivity contribution in [2.45, 2.75) is 46.1 Å². The van der Waals surface area contributed by atoms with Crippen molar-refractivity contribution >= 4 is 5.82 Å². The molecule has 2 rings (SSSR count). The Morgan fingerprint density at radius 2 is 2.22 bits per heavy atom. The number of hydrogen-bond donors (Lipinski definition) is 1. The molecule has 1 aromatic heterocycles. The maximum absolute atomic E-state index is 4.56. The van der Waals surface area contributed by atoms with E-state index >= 15 is 0 Å². The minimum absolute atomic E-state index is 0.606. The van der Waals surface area contributed by atoms with Crippen LogP contribution in [-0.4, -0.2) is 35.6 Å². The lowest BCUT2D eigenvalue weighted by Crippen LogP contribution is -2.46. The van der Waals surface area contributed by atoms with E-state index in [0.717, 1.165) is 37.0 Å². The topological polar surface area (TPSA) is 41.0 Å². The molecular formula is C14H24N4. The molecule has 1 aliphatic heterocycles. The molecule has 1 atom stereocenters. The number of piperidine rings is 1. The Morgan fingerprint density at radius 1 is 1.39 bits per heavy atom. The summed E-state index contributed by atoms with van der Waals surface area (Å²) in [4.78, 5) is 11.3. The van der Waals surface area contributed by atoms with Crippen LogP contribution in [0, 0.1) is 13.8 Å². The Morgan fingerprint density at radius 3 is 2.94 bits per heavy atom. The van der Waals surface area contributed by atoms with E-state index in [0.29, 0.717) is 6.04 Å².